The van der Waals surface area contributed by atoms with E-state index >= 15 is 0 Å². The summed E-state index contributed by atoms with van der Waals surface area (Å²) in [6.45, 7) is 0. The summed E-state index contributed by atoms with van der Waals surface area (Å²) in [5.41, 5.74) is 9.28. The minimum absolute atomic E-state index is 0.00113. The van der Waals surface area contributed by atoms with Crippen LogP contribution in [0.1, 0.15) is 39.8 Å². The van der Waals surface area contributed by atoms with E-state index in [0.29, 0.717) is 39.8 Å². The summed E-state index contributed by atoms with van der Waals surface area (Å²) in [4.78, 5) is 42.8. The quantitative estimate of drug-likeness (QED) is 0.328. The third kappa shape index (κ3) is 5.52. The average Bonchev–Trinajstić information content (AvgIpc) is 2.82. The average molecular weight is 611 g/mol. The Morgan fingerprint density at radius 1 is 1.14 bits per heavy atom. The summed E-state index contributed by atoms with van der Waals surface area (Å²) in [6, 6.07) is 10.3. The number of hydrogen-bond donors (Lipinski definition) is 2. The lowest BCUT2D eigenvalue weighted by atomic mass is 9.95. The van der Waals surface area contributed by atoms with Crippen molar-refractivity contribution in [1.29, 1.82) is 0 Å². The molecule has 0 bridgehead atoms. The van der Waals surface area contributed by atoms with Crippen molar-refractivity contribution in [3.8, 4) is 11.1 Å². The highest BCUT2D eigenvalue weighted by molar-refractivity contribution is 9.10. The molecule has 36 heavy (non-hydrogen) atoms. The number of pyridine rings is 1. The number of halogens is 4. The zero-order valence-electron chi connectivity index (χ0n) is 18.9. The van der Waals surface area contributed by atoms with Crippen molar-refractivity contribution in [2.75, 3.05) is 17.3 Å². The molecule has 2 heterocycles. The van der Waals surface area contributed by atoms with Gasteiger partial charge in [-0.25, -0.2) is 0 Å². The van der Waals surface area contributed by atoms with E-state index in [4.69, 9.17) is 40.5 Å². The highest BCUT2D eigenvalue weighted by atomic mass is 79.9. The summed E-state index contributed by atoms with van der Waals surface area (Å²) in [5.74, 6) is -1.13. The molecule has 0 radical (unpaired) electrons. The maximum Gasteiger partial charge on any atom is 0.250 e. The minimum Gasteiger partial charge on any atom is -0.366 e. The molecule has 7 nitrogen and oxygen atoms in total. The van der Waals surface area contributed by atoms with Gasteiger partial charge in [0.25, 0.3) is 5.91 Å². The fraction of sp³-hybridized carbons (Fsp3) is 0.200. The Balaban J connectivity index is 1.59. The highest BCUT2D eigenvalue weighted by Gasteiger charge is 2.26. The van der Waals surface area contributed by atoms with E-state index in [1.807, 2.05) is 6.07 Å². The Bertz CT molecular complexity index is 1400. The van der Waals surface area contributed by atoms with Gasteiger partial charge in [-0.3, -0.25) is 19.4 Å². The number of carbonyl (C=O) groups is 3. The molecule has 0 saturated heterocycles. The molecular formula is C25H20BrCl3N4O3. The monoisotopic (exact) mass is 608 g/mol. The molecule has 3 aromatic rings. The summed E-state index contributed by atoms with van der Waals surface area (Å²) in [5, 5.41) is 2.57. The number of alkyl halides is 1. The standard InChI is InChI=1S/C25H20BrCl3N4O3/c1-33-22(35)5-2-12-6-13(8-19(29)24(12)33)14-7-16(25(30)36)23(31-11-14)18(28)10-21(34)32-20-4-3-15(26)9-17(20)27/h3-4,6-9,11,18H,2,5,10H2,1H3,(H2,30,36)(H,32,34). The van der Waals surface area contributed by atoms with E-state index in [0.717, 1.165) is 15.6 Å². The molecule has 4 rings (SSSR count). The van der Waals surface area contributed by atoms with Gasteiger partial charge in [0.05, 0.1) is 38.1 Å². The van der Waals surface area contributed by atoms with Crippen LogP contribution in [0.25, 0.3) is 11.1 Å². The molecule has 0 spiro atoms. The number of nitrogens with two attached hydrogens (primary N) is 1. The van der Waals surface area contributed by atoms with Crippen LogP contribution in [0.2, 0.25) is 10.0 Å². The predicted octanol–water partition coefficient (Wildman–Crippen LogP) is 6.13. The number of fused-ring (bicyclic) bond motifs is 1. The Hall–Kier alpha value is -2.65. The van der Waals surface area contributed by atoms with Crippen LogP contribution in [0.4, 0.5) is 11.4 Å². The zero-order valence-corrected chi connectivity index (χ0v) is 22.8. The molecule has 3 N–H and O–H groups in total. The summed E-state index contributed by atoms with van der Waals surface area (Å²) in [7, 11) is 1.69. The third-order valence-electron chi connectivity index (χ3n) is 5.84. The van der Waals surface area contributed by atoms with Crippen LogP contribution in [-0.4, -0.2) is 29.8 Å². The van der Waals surface area contributed by atoms with E-state index in [-0.39, 0.29) is 23.6 Å². The highest BCUT2D eigenvalue weighted by Crippen LogP contribution is 2.39. The lowest BCUT2D eigenvalue weighted by molar-refractivity contribution is -0.118. The van der Waals surface area contributed by atoms with Crippen LogP contribution >= 0.6 is 50.7 Å². The van der Waals surface area contributed by atoms with Gasteiger partial charge >= 0.3 is 0 Å². The van der Waals surface area contributed by atoms with Gasteiger partial charge in [0.2, 0.25) is 11.8 Å². The van der Waals surface area contributed by atoms with Crippen LogP contribution in [0.3, 0.4) is 0 Å². The first-order valence-corrected chi connectivity index (χ1v) is 12.8. The number of nitrogens with one attached hydrogen (secondary N) is 1. The molecule has 1 atom stereocenters. The molecule has 0 saturated carbocycles. The number of aromatic nitrogens is 1. The van der Waals surface area contributed by atoms with E-state index in [1.165, 1.54) is 0 Å². The van der Waals surface area contributed by atoms with Crippen molar-refractivity contribution >= 4 is 79.8 Å². The van der Waals surface area contributed by atoms with Crippen LogP contribution < -0.4 is 16.0 Å². The molecule has 1 aromatic heterocycles. The topological polar surface area (TPSA) is 105 Å². The van der Waals surface area contributed by atoms with Gasteiger partial charge in [-0.15, -0.1) is 11.6 Å². The van der Waals surface area contributed by atoms with E-state index in [9.17, 15) is 14.4 Å². The van der Waals surface area contributed by atoms with Crippen molar-refractivity contribution in [3.63, 3.8) is 0 Å². The molecule has 0 fully saturated rings. The normalized spacial score (nSPS) is 13.8. The first-order chi connectivity index (χ1) is 17.0. The van der Waals surface area contributed by atoms with Crippen molar-refractivity contribution in [3.05, 3.63) is 73.9 Å². The lowest BCUT2D eigenvalue weighted by Gasteiger charge is -2.27. The largest absolute Gasteiger partial charge is 0.366 e. The number of aryl methyl sites for hydroxylation is 1. The minimum atomic E-state index is -0.914. The lowest BCUT2D eigenvalue weighted by Crippen LogP contribution is -2.31. The maximum absolute atomic E-state index is 12.6. The fourth-order valence-corrected chi connectivity index (χ4v) is 5.45. The first kappa shape index (κ1) is 26.4. The van der Waals surface area contributed by atoms with Gasteiger partial charge in [-0.05, 0) is 53.9 Å². The number of amides is 3. The predicted molar refractivity (Wildman–Crippen MR) is 146 cm³/mol. The van der Waals surface area contributed by atoms with E-state index in [2.05, 4.69) is 26.2 Å². The number of primary amides is 1. The van der Waals surface area contributed by atoms with Crippen molar-refractivity contribution < 1.29 is 14.4 Å². The Kier molecular flexibility index (Phi) is 7.90. The van der Waals surface area contributed by atoms with E-state index < -0.39 is 17.2 Å². The first-order valence-electron chi connectivity index (χ1n) is 10.8. The van der Waals surface area contributed by atoms with Crippen molar-refractivity contribution in [2.24, 2.45) is 5.73 Å². The summed E-state index contributed by atoms with van der Waals surface area (Å²) < 4.78 is 0.775. The van der Waals surface area contributed by atoms with Crippen LogP contribution in [0.5, 0.6) is 0 Å². The Labute approximate surface area is 231 Å². The number of carbonyl (C=O) groups excluding carboxylic acids is 3. The fourth-order valence-electron chi connectivity index (χ4n) is 4.05. The number of rotatable bonds is 6. The van der Waals surface area contributed by atoms with Crippen molar-refractivity contribution in [2.45, 2.75) is 24.6 Å². The van der Waals surface area contributed by atoms with Gasteiger partial charge in [0.1, 0.15) is 0 Å². The SMILES string of the molecule is CN1C(=O)CCc2cc(-c3cnc(C(Cl)CC(=O)Nc4ccc(Br)cc4Cl)c(C(N)=O)c3)cc(Cl)c21. The Morgan fingerprint density at radius 3 is 2.58 bits per heavy atom. The smallest absolute Gasteiger partial charge is 0.250 e. The molecule has 3 amide bonds. The number of benzene rings is 2. The number of anilines is 2. The molecule has 1 aliphatic heterocycles. The van der Waals surface area contributed by atoms with Gasteiger partial charge < -0.3 is 16.0 Å². The molecular weight excluding hydrogens is 591 g/mol. The Morgan fingerprint density at radius 2 is 1.89 bits per heavy atom. The molecule has 1 unspecified atom stereocenters. The van der Waals surface area contributed by atoms with Gasteiger partial charge in [0.15, 0.2) is 0 Å². The summed E-state index contributed by atoms with van der Waals surface area (Å²) in [6.07, 6.45) is 2.33. The third-order valence-corrected chi connectivity index (χ3v) is 7.30. The second kappa shape index (κ2) is 10.8. The van der Waals surface area contributed by atoms with Crippen LogP contribution in [0, 0.1) is 0 Å². The van der Waals surface area contributed by atoms with Gasteiger partial charge in [0, 0.05) is 36.1 Å². The second-order valence-corrected chi connectivity index (χ2v) is 10.5. The van der Waals surface area contributed by atoms with Crippen molar-refractivity contribution in [1.82, 2.24) is 4.98 Å². The number of hydrogen-bond acceptors (Lipinski definition) is 4. The molecule has 2 aromatic carbocycles. The molecule has 0 aliphatic carbocycles. The van der Waals surface area contributed by atoms with Gasteiger partial charge in [-0.2, -0.15) is 0 Å². The zero-order chi connectivity index (χ0) is 26.1. The van der Waals surface area contributed by atoms with Crippen LogP contribution in [-0.2, 0) is 16.0 Å². The van der Waals surface area contributed by atoms with Crippen LogP contribution in [0.15, 0.2) is 47.1 Å². The molecule has 11 heteroatoms. The summed E-state index contributed by atoms with van der Waals surface area (Å²) >= 11 is 22.5. The van der Waals surface area contributed by atoms with E-state index in [1.54, 1.807) is 48.5 Å². The second-order valence-electron chi connectivity index (χ2n) is 8.28. The molecule has 1 aliphatic rings. The molecule has 186 valence electrons. The number of nitrogens with zero attached hydrogens (tertiary/aromatic N) is 2. The van der Waals surface area contributed by atoms with Gasteiger partial charge in [-0.1, -0.05) is 39.1 Å². The maximum atomic E-state index is 12.6.